The molecular weight excluding hydrogens is 208 g/mol. The van der Waals surface area contributed by atoms with Crippen LogP contribution >= 0.6 is 0 Å². The lowest BCUT2D eigenvalue weighted by atomic mass is 9.99. The molecule has 1 heterocycles. The maximum Gasteiger partial charge on any atom is 0.337 e. The average Bonchev–Trinajstić information content (AvgIpc) is 2.25. The zero-order valence-corrected chi connectivity index (χ0v) is 8.36. The number of esters is 1. The Hall–Kier alpha value is -0.730. The predicted octanol–water partition coefficient (Wildman–Crippen LogP) is -2.39. The first-order valence-electron chi connectivity index (χ1n) is 4.33. The summed E-state index contributed by atoms with van der Waals surface area (Å²) in [6.07, 6.45) is -7.01. The standard InChI is InChI=1S/C8H14O7/c1-13-7(12)6-4(10)3(9)5(11)8(14-2)15-6/h3-6,8-11H,1-2H3/t3-,4-,5+,6-,8-/m0/s1. The lowest BCUT2D eigenvalue weighted by Gasteiger charge is -2.38. The third-order valence-electron chi connectivity index (χ3n) is 2.24. The molecule has 7 nitrogen and oxygen atoms in total. The van der Waals surface area contributed by atoms with Crippen molar-refractivity contribution in [3.63, 3.8) is 0 Å². The zero-order valence-electron chi connectivity index (χ0n) is 8.36. The van der Waals surface area contributed by atoms with Crippen molar-refractivity contribution in [2.24, 2.45) is 0 Å². The second-order valence-corrected chi connectivity index (χ2v) is 3.16. The molecule has 1 saturated heterocycles. The largest absolute Gasteiger partial charge is 0.467 e. The third-order valence-corrected chi connectivity index (χ3v) is 2.24. The Morgan fingerprint density at radius 1 is 1.13 bits per heavy atom. The molecule has 0 radical (unpaired) electrons. The van der Waals surface area contributed by atoms with E-state index in [9.17, 15) is 20.1 Å². The van der Waals surface area contributed by atoms with Gasteiger partial charge in [0, 0.05) is 7.11 Å². The van der Waals surface area contributed by atoms with Crippen LogP contribution in [0.2, 0.25) is 0 Å². The van der Waals surface area contributed by atoms with Gasteiger partial charge < -0.3 is 29.5 Å². The van der Waals surface area contributed by atoms with Gasteiger partial charge in [0.2, 0.25) is 0 Å². The number of carbonyl (C=O) groups is 1. The van der Waals surface area contributed by atoms with Crippen molar-refractivity contribution in [2.75, 3.05) is 14.2 Å². The second-order valence-electron chi connectivity index (χ2n) is 3.16. The minimum atomic E-state index is -1.54. The van der Waals surface area contributed by atoms with Gasteiger partial charge in [0.25, 0.3) is 0 Å². The Balaban J connectivity index is 2.78. The van der Waals surface area contributed by atoms with E-state index in [0.717, 1.165) is 7.11 Å². The predicted molar refractivity (Wildman–Crippen MR) is 45.7 cm³/mol. The Morgan fingerprint density at radius 2 is 1.73 bits per heavy atom. The van der Waals surface area contributed by atoms with Gasteiger partial charge in [-0.3, -0.25) is 0 Å². The van der Waals surface area contributed by atoms with Gasteiger partial charge in [-0.1, -0.05) is 0 Å². The van der Waals surface area contributed by atoms with Crippen molar-refractivity contribution in [2.45, 2.75) is 30.7 Å². The molecule has 15 heavy (non-hydrogen) atoms. The number of aliphatic hydroxyl groups is 3. The van der Waals surface area contributed by atoms with E-state index in [0.29, 0.717) is 0 Å². The third kappa shape index (κ3) is 2.27. The average molecular weight is 222 g/mol. The fraction of sp³-hybridized carbons (Fsp3) is 0.875. The molecule has 0 amide bonds. The summed E-state index contributed by atoms with van der Waals surface area (Å²) in [7, 11) is 2.37. The minimum absolute atomic E-state index is 0.837. The van der Waals surface area contributed by atoms with Gasteiger partial charge in [0.15, 0.2) is 12.4 Å². The molecule has 0 unspecified atom stereocenters. The molecule has 0 aliphatic carbocycles. The molecule has 0 aromatic rings. The molecule has 1 aliphatic rings. The molecule has 5 atom stereocenters. The van der Waals surface area contributed by atoms with Crippen molar-refractivity contribution >= 4 is 5.97 Å². The summed E-state index contributed by atoms with van der Waals surface area (Å²) in [6.45, 7) is 0. The van der Waals surface area contributed by atoms with Crippen LogP contribution in [0.4, 0.5) is 0 Å². The molecule has 0 aromatic carbocycles. The summed E-state index contributed by atoms with van der Waals surface area (Å²) in [5.41, 5.74) is 0. The van der Waals surface area contributed by atoms with E-state index in [2.05, 4.69) is 4.74 Å². The van der Waals surface area contributed by atoms with Crippen LogP contribution in [0.1, 0.15) is 0 Å². The topological polar surface area (TPSA) is 105 Å². The van der Waals surface area contributed by atoms with Gasteiger partial charge in [0.05, 0.1) is 7.11 Å². The minimum Gasteiger partial charge on any atom is -0.467 e. The van der Waals surface area contributed by atoms with E-state index in [4.69, 9.17) is 9.47 Å². The van der Waals surface area contributed by atoms with E-state index in [1.54, 1.807) is 0 Å². The van der Waals surface area contributed by atoms with Crippen LogP contribution in [0.5, 0.6) is 0 Å². The lowest BCUT2D eigenvalue weighted by molar-refractivity contribution is -0.288. The normalized spacial score (nSPS) is 41.3. The molecule has 1 fully saturated rings. The molecule has 0 saturated carbocycles. The summed E-state index contributed by atoms with van der Waals surface area (Å²) in [6, 6.07) is 0. The smallest absolute Gasteiger partial charge is 0.337 e. The van der Waals surface area contributed by atoms with Crippen molar-refractivity contribution in [3.8, 4) is 0 Å². The molecule has 88 valence electrons. The fourth-order valence-electron chi connectivity index (χ4n) is 1.35. The first kappa shape index (κ1) is 12.3. The van der Waals surface area contributed by atoms with Gasteiger partial charge in [-0.25, -0.2) is 4.79 Å². The van der Waals surface area contributed by atoms with E-state index in [-0.39, 0.29) is 0 Å². The van der Waals surface area contributed by atoms with E-state index in [1.165, 1.54) is 7.11 Å². The molecule has 0 bridgehead atoms. The number of hydrogen-bond donors (Lipinski definition) is 3. The first-order chi connectivity index (χ1) is 7.02. The highest BCUT2D eigenvalue weighted by Crippen LogP contribution is 2.22. The van der Waals surface area contributed by atoms with E-state index >= 15 is 0 Å². The number of ether oxygens (including phenoxy) is 3. The SMILES string of the molecule is COC(=O)[C@H]1O[C@H](OC)[C@H](O)[C@@H](O)[C@@H]1O. The van der Waals surface area contributed by atoms with Crippen LogP contribution in [0.25, 0.3) is 0 Å². The Labute approximate surface area is 86.2 Å². The number of hydrogen-bond acceptors (Lipinski definition) is 7. The fourth-order valence-corrected chi connectivity index (χ4v) is 1.35. The molecule has 1 rings (SSSR count). The van der Waals surface area contributed by atoms with Crippen LogP contribution < -0.4 is 0 Å². The first-order valence-corrected chi connectivity index (χ1v) is 4.33. The van der Waals surface area contributed by atoms with E-state index < -0.39 is 36.7 Å². The molecule has 0 spiro atoms. The highest BCUT2D eigenvalue weighted by molar-refractivity contribution is 5.75. The van der Waals surface area contributed by atoms with Crippen molar-refractivity contribution in [1.29, 1.82) is 0 Å². The summed E-state index contributed by atoms with van der Waals surface area (Å²) in [5, 5.41) is 28.2. The maximum atomic E-state index is 11.1. The van der Waals surface area contributed by atoms with E-state index in [1.807, 2.05) is 0 Å². The summed E-state index contributed by atoms with van der Waals surface area (Å²) >= 11 is 0. The van der Waals surface area contributed by atoms with Crippen LogP contribution in [0.3, 0.4) is 0 Å². The van der Waals surface area contributed by atoms with Crippen LogP contribution in [0, 0.1) is 0 Å². The van der Waals surface area contributed by atoms with Gasteiger partial charge in [-0.2, -0.15) is 0 Å². The number of aliphatic hydroxyl groups excluding tert-OH is 3. The molecule has 0 aromatic heterocycles. The van der Waals surface area contributed by atoms with Crippen molar-refractivity contribution < 1.29 is 34.3 Å². The monoisotopic (exact) mass is 222 g/mol. The second kappa shape index (κ2) is 4.86. The van der Waals surface area contributed by atoms with Crippen LogP contribution in [-0.2, 0) is 19.0 Å². The lowest BCUT2D eigenvalue weighted by Crippen LogP contribution is -2.60. The number of methoxy groups -OCH3 is 2. The summed E-state index contributed by atoms with van der Waals surface area (Å²) in [5.74, 6) is -0.837. The van der Waals surface area contributed by atoms with Crippen LogP contribution in [-0.4, -0.2) is 66.2 Å². The number of carbonyl (C=O) groups excluding carboxylic acids is 1. The quantitative estimate of drug-likeness (QED) is 0.448. The van der Waals surface area contributed by atoms with Gasteiger partial charge in [-0.05, 0) is 0 Å². The van der Waals surface area contributed by atoms with Crippen LogP contribution in [0.15, 0.2) is 0 Å². The Kier molecular flexibility index (Phi) is 4.00. The van der Waals surface area contributed by atoms with Crippen molar-refractivity contribution in [3.05, 3.63) is 0 Å². The Bertz CT molecular complexity index is 229. The highest BCUT2D eigenvalue weighted by Gasteiger charge is 2.47. The molecule has 1 aliphatic heterocycles. The maximum absolute atomic E-state index is 11.1. The zero-order chi connectivity index (χ0) is 11.6. The number of rotatable bonds is 2. The Morgan fingerprint density at radius 3 is 2.20 bits per heavy atom. The van der Waals surface area contributed by atoms with Crippen molar-refractivity contribution in [1.82, 2.24) is 0 Å². The highest BCUT2D eigenvalue weighted by atomic mass is 16.7. The van der Waals surface area contributed by atoms with Gasteiger partial charge >= 0.3 is 5.97 Å². The van der Waals surface area contributed by atoms with Gasteiger partial charge in [0.1, 0.15) is 18.3 Å². The molecule has 3 N–H and O–H groups in total. The summed E-state index contributed by atoms with van der Waals surface area (Å²) in [4.78, 5) is 11.1. The molecule has 7 heteroatoms. The van der Waals surface area contributed by atoms with Gasteiger partial charge in [-0.15, -0.1) is 0 Å². The molecular formula is C8H14O7. The summed E-state index contributed by atoms with van der Waals surface area (Å²) < 4.78 is 14.0.